The summed E-state index contributed by atoms with van der Waals surface area (Å²) in [4.78, 5) is 49.7. The number of hydrogen-bond donors (Lipinski definition) is 6. The number of likely N-dealkylation sites (N-methyl/N-ethyl adjacent to an activating group) is 1. The molecule has 0 aromatic rings. The summed E-state index contributed by atoms with van der Waals surface area (Å²) in [5, 5.41) is 20.1. The zero-order valence-electron chi connectivity index (χ0n) is 20.3. The Bertz CT molecular complexity index is 637. The molecule has 0 aromatic carbocycles. The second-order valence-electron chi connectivity index (χ2n) is 9.21. The van der Waals surface area contributed by atoms with Crippen molar-refractivity contribution in [3.8, 4) is 0 Å². The molecule has 1 fully saturated rings. The molecular formula is C23H43N5O5. The Kier molecular flexibility index (Phi) is 13.4. The van der Waals surface area contributed by atoms with E-state index in [4.69, 9.17) is 5.73 Å². The molecule has 0 spiro atoms. The molecule has 1 saturated carbocycles. The second-order valence-corrected chi connectivity index (χ2v) is 9.21. The molecule has 0 heterocycles. The molecule has 0 aromatic heterocycles. The van der Waals surface area contributed by atoms with Crippen LogP contribution in [0.1, 0.15) is 78.6 Å². The maximum atomic E-state index is 13.1. The molecule has 10 nitrogen and oxygen atoms in total. The Balaban J connectivity index is 2.88. The van der Waals surface area contributed by atoms with E-state index in [2.05, 4.69) is 21.3 Å². The van der Waals surface area contributed by atoms with Crippen LogP contribution in [0, 0.1) is 11.8 Å². The Labute approximate surface area is 197 Å². The minimum Gasteiger partial charge on any atom is -0.480 e. The molecule has 1 rings (SSSR count). The highest BCUT2D eigenvalue weighted by molar-refractivity contribution is 5.92. The molecule has 0 saturated heterocycles. The van der Waals surface area contributed by atoms with E-state index in [1.165, 1.54) is 0 Å². The van der Waals surface area contributed by atoms with E-state index >= 15 is 0 Å². The number of nitrogens with one attached hydrogen (secondary N) is 4. The lowest BCUT2D eigenvalue weighted by atomic mass is 9.84. The standard InChI is InChI=1S/C23H43N5O5/c1-4-25-21(30)19(15(2)3)28-20(29)18(14-16-10-6-5-7-11-16)27-23(33)26-17(22(31)32)12-8-9-13-24/h15-19H,4-14,24H2,1-3H3,(H,25,30)(H,28,29)(H,31,32)(H2,26,27,33)/t17?,18-,19?/m1/s1. The normalized spacial score (nSPS) is 17.0. The zero-order valence-corrected chi connectivity index (χ0v) is 20.3. The average molecular weight is 470 g/mol. The number of carboxylic acids is 1. The first-order valence-corrected chi connectivity index (χ1v) is 12.3. The van der Waals surface area contributed by atoms with E-state index in [0.717, 1.165) is 32.1 Å². The number of carbonyl (C=O) groups excluding carboxylic acids is 3. The van der Waals surface area contributed by atoms with Crippen molar-refractivity contribution >= 4 is 23.8 Å². The van der Waals surface area contributed by atoms with Gasteiger partial charge in [-0.25, -0.2) is 9.59 Å². The molecule has 0 radical (unpaired) electrons. The van der Waals surface area contributed by atoms with Gasteiger partial charge in [-0.3, -0.25) is 9.59 Å². The van der Waals surface area contributed by atoms with Gasteiger partial charge in [0.05, 0.1) is 0 Å². The van der Waals surface area contributed by atoms with Crippen molar-refractivity contribution in [3.63, 3.8) is 0 Å². The maximum absolute atomic E-state index is 13.1. The quantitative estimate of drug-likeness (QED) is 0.211. The number of hydrogen-bond acceptors (Lipinski definition) is 5. The number of nitrogens with two attached hydrogens (primary N) is 1. The summed E-state index contributed by atoms with van der Waals surface area (Å²) in [6.07, 6.45) is 7.23. The largest absolute Gasteiger partial charge is 0.480 e. The zero-order chi connectivity index (χ0) is 24.8. The van der Waals surface area contributed by atoms with E-state index in [1.807, 2.05) is 13.8 Å². The van der Waals surface area contributed by atoms with Crippen LogP contribution in [0.2, 0.25) is 0 Å². The van der Waals surface area contributed by atoms with Gasteiger partial charge in [-0.05, 0) is 51.0 Å². The summed E-state index contributed by atoms with van der Waals surface area (Å²) in [5.74, 6) is -1.69. The SMILES string of the molecule is CCNC(=O)C(NC(=O)[C@@H](CC1CCCCC1)NC(=O)NC(CCCCN)C(=O)O)C(C)C. The third-order valence-electron chi connectivity index (χ3n) is 6.06. The van der Waals surface area contributed by atoms with E-state index < -0.39 is 36.0 Å². The molecule has 2 unspecified atom stereocenters. The van der Waals surface area contributed by atoms with Gasteiger partial charge >= 0.3 is 12.0 Å². The molecule has 190 valence electrons. The number of unbranched alkanes of at least 4 members (excludes halogenated alkanes) is 1. The van der Waals surface area contributed by atoms with Gasteiger partial charge < -0.3 is 32.1 Å². The number of carboxylic acid groups (broad SMARTS) is 1. The molecule has 10 heteroatoms. The van der Waals surface area contributed by atoms with Crippen LogP contribution < -0.4 is 27.0 Å². The van der Waals surface area contributed by atoms with E-state index in [0.29, 0.717) is 32.4 Å². The number of carbonyl (C=O) groups is 4. The third-order valence-corrected chi connectivity index (χ3v) is 6.06. The van der Waals surface area contributed by atoms with Crippen LogP contribution in [-0.2, 0) is 14.4 Å². The number of rotatable bonds is 14. The number of aliphatic carboxylic acids is 1. The van der Waals surface area contributed by atoms with Gasteiger partial charge in [0.2, 0.25) is 11.8 Å². The lowest BCUT2D eigenvalue weighted by molar-refractivity contribution is -0.139. The molecular weight excluding hydrogens is 426 g/mol. The van der Waals surface area contributed by atoms with Gasteiger partial charge in [-0.15, -0.1) is 0 Å². The fourth-order valence-corrected chi connectivity index (χ4v) is 4.17. The van der Waals surface area contributed by atoms with Crippen molar-refractivity contribution in [1.82, 2.24) is 21.3 Å². The predicted octanol–water partition coefficient (Wildman–Crippen LogP) is 1.48. The summed E-state index contributed by atoms with van der Waals surface area (Å²) < 4.78 is 0. The minimum atomic E-state index is -1.13. The summed E-state index contributed by atoms with van der Waals surface area (Å²) in [6.45, 7) is 6.39. The van der Waals surface area contributed by atoms with Gasteiger partial charge in [0.15, 0.2) is 0 Å². The van der Waals surface area contributed by atoms with Crippen molar-refractivity contribution in [1.29, 1.82) is 0 Å². The summed E-state index contributed by atoms with van der Waals surface area (Å²) in [5.41, 5.74) is 5.46. The summed E-state index contributed by atoms with van der Waals surface area (Å²) in [6, 6.07) is -3.35. The Morgan fingerprint density at radius 2 is 1.58 bits per heavy atom. The lowest BCUT2D eigenvalue weighted by Crippen LogP contribution is -2.58. The van der Waals surface area contributed by atoms with Crippen LogP contribution >= 0.6 is 0 Å². The second kappa shape index (κ2) is 15.5. The van der Waals surface area contributed by atoms with Gasteiger partial charge in [0.1, 0.15) is 18.1 Å². The smallest absolute Gasteiger partial charge is 0.326 e. The van der Waals surface area contributed by atoms with Crippen molar-refractivity contribution in [2.75, 3.05) is 13.1 Å². The highest BCUT2D eigenvalue weighted by Crippen LogP contribution is 2.27. The molecule has 7 N–H and O–H groups in total. The van der Waals surface area contributed by atoms with Gasteiger partial charge in [0, 0.05) is 6.54 Å². The van der Waals surface area contributed by atoms with Crippen LogP contribution in [0.4, 0.5) is 4.79 Å². The van der Waals surface area contributed by atoms with Crippen LogP contribution in [-0.4, -0.2) is 60.1 Å². The molecule has 4 amide bonds. The van der Waals surface area contributed by atoms with Crippen molar-refractivity contribution < 1.29 is 24.3 Å². The van der Waals surface area contributed by atoms with E-state index in [9.17, 15) is 24.3 Å². The maximum Gasteiger partial charge on any atom is 0.326 e. The first-order chi connectivity index (χ1) is 15.7. The molecule has 1 aliphatic rings. The van der Waals surface area contributed by atoms with Crippen LogP contribution in [0.3, 0.4) is 0 Å². The van der Waals surface area contributed by atoms with E-state index in [-0.39, 0.29) is 24.2 Å². The predicted molar refractivity (Wildman–Crippen MR) is 126 cm³/mol. The third kappa shape index (κ3) is 10.9. The van der Waals surface area contributed by atoms with Gasteiger partial charge in [-0.2, -0.15) is 0 Å². The number of amides is 4. The van der Waals surface area contributed by atoms with Crippen LogP contribution in [0.5, 0.6) is 0 Å². The van der Waals surface area contributed by atoms with Crippen LogP contribution in [0.15, 0.2) is 0 Å². The van der Waals surface area contributed by atoms with Crippen molar-refractivity contribution in [2.45, 2.75) is 96.7 Å². The number of urea groups is 1. The highest BCUT2D eigenvalue weighted by atomic mass is 16.4. The fraction of sp³-hybridized carbons (Fsp3) is 0.826. The Morgan fingerprint density at radius 1 is 0.939 bits per heavy atom. The summed E-state index contributed by atoms with van der Waals surface area (Å²) >= 11 is 0. The van der Waals surface area contributed by atoms with Crippen LogP contribution in [0.25, 0.3) is 0 Å². The topological polar surface area (TPSA) is 163 Å². The van der Waals surface area contributed by atoms with Gasteiger partial charge in [0.25, 0.3) is 0 Å². The Hall–Kier alpha value is -2.36. The molecule has 1 aliphatic carbocycles. The lowest BCUT2D eigenvalue weighted by Gasteiger charge is -2.29. The minimum absolute atomic E-state index is 0.136. The van der Waals surface area contributed by atoms with Gasteiger partial charge in [-0.1, -0.05) is 46.0 Å². The molecule has 33 heavy (non-hydrogen) atoms. The van der Waals surface area contributed by atoms with Crippen molar-refractivity contribution in [2.24, 2.45) is 17.6 Å². The first-order valence-electron chi connectivity index (χ1n) is 12.3. The summed E-state index contributed by atoms with van der Waals surface area (Å²) in [7, 11) is 0. The highest BCUT2D eigenvalue weighted by Gasteiger charge is 2.31. The molecule has 0 aliphatic heterocycles. The average Bonchev–Trinajstić information content (AvgIpc) is 2.76. The van der Waals surface area contributed by atoms with E-state index in [1.54, 1.807) is 6.92 Å². The first kappa shape index (κ1) is 28.7. The fourth-order valence-electron chi connectivity index (χ4n) is 4.17. The van der Waals surface area contributed by atoms with Crippen molar-refractivity contribution in [3.05, 3.63) is 0 Å². The molecule has 0 bridgehead atoms. The Morgan fingerprint density at radius 3 is 2.12 bits per heavy atom. The monoisotopic (exact) mass is 469 g/mol. The molecule has 3 atom stereocenters.